The summed E-state index contributed by atoms with van der Waals surface area (Å²) in [6.45, 7) is -1.01. The molecule has 2 aromatic rings. The van der Waals surface area contributed by atoms with Crippen molar-refractivity contribution in [2.75, 3.05) is 5.43 Å². The van der Waals surface area contributed by atoms with Crippen LogP contribution in [0.5, 0.6) is 5.75 Å². The maximum atomic E-state index is 12.3. The van der Waals surface area contributed by atoms with E-state index in [1.54, 1.807) is 12.1 Å². The van der Waals surface area contributed by atoms with E-state index in [0.717, 1.165) is 10.2 Å². The Morgan fingerprint density at radius 3 is 2.95 bits per heavy atom. The van der Waals surface area contributed by atoms with Gasteiger partial charge in [0.1, 0.15) is 5.75 Å². The van der Waals surface area contributed by atoms with Gasteiger partial charge in [-0.15, -0.1) is 11.3 Å². The molecule has 1 aromatic heterocycles. The quantitative estimate of drug-likeness (QED) is 0.639. The second kappa shape index (κ2) is 6.76. The average Bonchev–Trinajstić information content (AvgIpc) is 2.78. The van der Waals surface area contributed by atoms with Crippen molar-refractivity contribution >= 4 is 38.6 Å². The van der Waals surface area contributed by atoms with E-state index in [9.17, 15) is 8.78 Å². The highest BCUT2D eigenvalue weighted by Gasteiger charge is 2.08. The van der Waals surface area contributed by atoms with Crippen molar-refractivity contribution in [2.24, 2.45) is 5.10 Å². The van der Waals surface area contributed by atoms with E-state index in [1.165, 1.54) is 23.6 Å². The molecule has 0 spiro atoms. The third-order valence-electron chi connectivity index (χ3n) is 2.17. The van der Waals surface area contributed by atoms with E-state index in [0.29, 0.717) is 10.7 Å². The number of rotatable bonds is 5. The van der Waals surface area contributed by atoms with E-state index < -0.39 is 6.61 Å². The fraction of sp³-hybridized carbons (Fsp3) is 0.167. The average molecular weight is 362 g/mol. The highest BCUT2D eigenvalue weighted by molar-refractivity contribution is 9.10. The Morgan fingerprint density at radius 1 is 1.50 bits per heavy atom. The summed E-state index contributed by atoms with van der Waals surface area (Å²) in [4.78, 5) is 4.16. The Labute approximate surface area is 126 Å². The van der Waals surface area contributed by atoms with Gasteiger partial charge in [0.2, 0.25) is 5.13 Å². The largest absolute Gasteiger partial charge is 0.434 e. The molecule has 1 N–H and O–H groups in total. The Balaban J connectivity index is 2.12. The summed E-state index contributed by atoms with van der Waals surface area (Å²) in [7, 11) is 0. The molecule has 106 valence electrons. The summed E-state index contributed by atoms with van der Waals surface area (Å²) in [5.41, 5.74) is 4.05. The number of hydrogen-bond donors (Lipinski definition) is 1. The topological polar surface area (TPSA) is 46.5 Å². The molecule has 0 saturated heterocycles. The van der Waals surface area contributed by atoms with Gasteiger partial charge in [-0.25, -0.2) is 4.98 Å². The predicted octanol–water partition coefficient (Wildman–Crippen LogP) is 4.26. The summed E-state index contributed by atoms with van der Waals surface area (Å²) in [5, 5.41) is 6.47. The molecule has 0 atom stereocenters. The van der Waals surface area contributed by atoms with E-state index in [1.807, 2.05) is 12.3 Å². The third kappa shape index (κ3) is 4.24. The first-order valence-electron chi connectivity index (χ1n) is 5.50. The van der Waals surface area contributed by atoms with Gasteiger partial charge in [-0.1, -0.05) is 15.9 Å². The van der Waals surface area contributed by atoms with Crippen LogP contribution in [-0.4, -0.2) is 17.8 Å². The van der Waals surface area contributed by atoms with E-state index in [2.05, 4.69) is 36.2 Å². The number of ether oxygens (including phenoxy) is 1. The molecule has 0 aliphatic carbocycles. The number of halogens is 3. The zero-order valence-corrected chi connectivity index (χ0v) is 12.7. The van der Waals surface area contributed by atoms with E-state index >= 15 is 0 Å². The molecule has 20 heavy (non-hydrogen) atoms. The number of thiazole rings is 1. The summed E-state index contributed by atoms with van der Waals surface area (Å²) in [5.74, 6) is 0.0593. The molecule has 0 aliphatic rings. The van der Waals surface area contributed by atoms with E-state index in [4.69, 9.17) is 0 Å². The minimum Gasteiger partial charge on any atom is -0.434 e. The monoisotopic (exact) mass is 361 g/mol. The van der Waals surface area contributed by atoms with Gasteiger partial charge >= 0.3 is 6.61 Å². The van der Waals surface area contributed by atoms with Gasteiger partial charge in [-0.2, -0.15) is 13.9 Å². The van der Waals surface area contributed by atoms with Crippen LogP contribution in [-0.2, 0) is 0 Å². The Morgan fingerprint density at radius 2 is 2.30 bits per heavy atom. The summed E-state index contributed by atoms with van der Waals surface area (Å²) in [6.07, 6.45) is 1.40. The van der Waals surface area contributed by atoms with Crippen LogP contribution in [0.25, 0.3) is 0 Å². The SMILES string of the molecule is Cc1csc(NN=Cc2cc(Br)ccc2OC(F)F)n1. The van der Waals surface area contributed by atoms with Crippen molar-refractivity contribution < 1.29 is 13.5 Å². The van der Waals surface area contributed by atoms with Crippen LogP contribution in [0, 0.1) is 6.92 Å². The number of benzene rings is 1. The van der Waals surface area contributed by atoms with Gasteiger partial charge in [-0.05, 0) is 25.1 Å². The number of aryl methyl sites for hydroxylation is 1. The number of hydrazone groups is 1. The van der Waals surface area contributed by atoms with Crippen molar-refractivity contribution in [2.45, 2.75) is 13.5 Å². The van der Waals surface area contributed by atoms with Crippen LogP contribution in [0.2, 0.25) is 0 Å². The molecule has 0 fully saturated rings. The molecule has 8 heteroatoms. The van der Waals surface area contributed by atoms with Gasteiger partial charge in [0.15, 0.2) is 0 Å². The minimum atomic E-state index is -2.88. The smallest absolute Gasteiger partial charge is 0.387 e. The lowest BCUT2D eigenvalue weighted by molar-refractivity contribution is -0.0499. The Kier molecular flexibility index (Phi) is 5.02. The second-order valence-corrected chi connectivity index (χ2v) is 5.50. The van der Waals surface area contributed by atoms with Crippen molar-refractivity contribution in [1.29, 1.82) is 0 Å². The van der Waals surface area contributed by atoms with Crippen LogP contribution in [0.1, 0.15) is 11.3 Å². The number of nitrogens with one attached hydrogen (secondary N) is 1. The lowest BCUT2D eigenvalue weighted by Crippen LogP contribution is -2.04. The molecular formula is C12H10BrF2N3OS. The predicted molar refractivity (Wildman–Crippen MR) is 78.8 cm³/mol. The molecule has 0 radical (unpaired) electrons. The first kappa shape index (κ1) is 14.9. The van der Waals surface area contributed by atoms with Gasteiger partial charge in [0.25, 0.3) is 0 Å². The molecule has 0 saturated carbocycles. The number of alkyl halides is 2. The van der Waals surface area contributed by atoms with Crippen molar-refractivity contribution in [3.05, 3.63) is 39.3 Å². The summed E-state index contributed by atoms with van der Waals surface area (Å²) >= 11 is 4.67. The highest BCUT2D eigenvalue weighted by atomic mass is 79.9. The summed E-state index contributed by atoms with van der Waals surface area (Å²) < 4.78 is 29.7. The maximum Gasteiger partial charge on any atom is 0.387 e. The van der Waals surface area contributed by atoms with Crippen molar-refractivity contribution in [1.82, 2.24) is 4.98 Å². The van der Waals surface area contributed by atoms with Crippen LogP contribution >= 0.6 is 27.3 Å². The molecule has 0 amide bonds. The van der Waals surface area contributed by atoms with Crippen molar-refractivity contribution in [3.63, 3.8) is 0 Å². The molecule has 0 bridgehead atoms. The van der Waals surface area contributed by atoms with Crippen LogP contribution < -0.4 is 10.2 Å². The molecule has 1 heterocycles. The number of anilines is 1. The normalized spacial score (nSPS) is 11.2. The zero-order valence-electron chi connectivity index (χ0n) is 10.3. The van der Waals surface area contributed by atoms with Crippen LogP contribution in [0.3, 0.4) is 0 Å². The third-order valence-corrected chi connectivity index (χ3v) is 3.53. The molecule has 4 nitrogen and oxygen atoms in total. The Hall–Kier alpha value is -1.54. The molecule has 0 aliphatic heterocycles. The first-order valence-corrected chi connectivity index (χ1v) is 7.17. The second-order valence-electron chi connectivity index (χ2n) is 3.72. The lowest BCUT2D eigenvalue weighted by atomic mass is 10.2. The fourth-order valence-corrected chi connectivity index (χ4v) is 2.40. The fourth-order valence-electron chi connectivity index (χ4n) is 1.39. The van der Waals surface area contributed by atoms with Crippen molar-refractivity contribution in [3.8, 4) is 5.75 Å². The molecular weight excluding hydrogens is 352 g/mol. The number of aromatic nitrogens is 1. The molecule has 0 unspecified atom stereocenters. The first-order chi connectivity index (χ1) is 9.54. The Bertz CT molecular complexity index is 618. The van der Waals surface area contributed by atoms with E-state index in [-0.39, 0.29) is 5.75 Å². The standard InChI is InChI=1S/C12H10BrF2N3OS/c1-7-6-20-12(17-7)18-16-5-8-4-9(13)2-3-10(8)19-11(14)15/h2-6,11H,1H3,(H,17,18). The van der Waals surface area contributed by atoms with Gasteiger partial charge < -0.3 is 4.74 Å². The van der Waals surface area contributed by atoms with Crippen LogP contribution in [0.15, 0.2) is 33.2 Å². The highest BCUT2D eigenvalue weighted by Crippen LogP contribution is 2.23. The van der Waals surface area contributed by atoms with Gasteiger partial charge in [0, 0.05) is 15.4 Å². The number of hydrogen-bond acceptors (Lipinski definition) is 5. The van der Waals surface area contributed by atoms with Gasteiger partial charge in [-0.3, -0.25) is 5.43 Å². The minimum absolute atomic E-state index is 0.0593. The maximum absolute atomic E-state index is 12.3. The zero-order chi connectivity index (χ0) is 14.5. The van der Waals surface area contributed by atoms with Crippen LogP contribution in [0.4, 0.5) is 13.9 Å². The molecule has 2 rings (SSSR count). The number of nitrogens with zero attached hydrogens (tertiary/aromatic N) is 2. The van der Waals surface area contributed by atoms with Gasteiger partial charge in [0.05, 0.1) is 11.9 Å². The summed E-state index contributed by atoms with van der Waals surface area (Å²) in [6, 6.07) is 4.70. The lowest BCUT2D eigenvalue weighted by Gasteiger charge is -2.07. The molecule has 1 aromatic carbocycles.